The van der Waals surface area contributed by atoms with Crippen LogP contribution in [0.4, 0.5) is 5.69 Å². The molecule has 4 heteroatoms. The van der Waals surface area contributed by atoms with Gasteiger partial charge < -0.3 is 15.8 Å². The molecule has 0 saturated carbocycles. The second-order valence-electron chi connectivity index (χ2n) is 3.89. The van der Waals surface area contributed by atoms with Crippen LogP contribution in [0.2, 0.25) is 0 Å². The van der Waals surface area contributed by atoms with Gasteiger partial charge in [-0.1, -0.05) is 0 Å². The molecule has 4 nitrogen and oxygen atoms in total. The minimum atomic E-state index is -0.403. The Kier molecular flexibility index (Phi) is 4.31. The zero-order valence-corrected chi connectivity index (χ0v) is 9.91. The summed E-state index contributed by atoms with van der Waals surface area (Å²) in [5.41, 5.74) is 7.73. The Balaban J connectivity index is 2.79. The van der Waals surface area contributed by atoms with E-state index in [-0.39, 0.29) is 6.04 Å². The van der Waals surface area contributed by atoms with Gasteiger partial charge in [0, 0.05) is 24.4 Å². The van der Waals surface area contributed by atoms with Crippen LogP contribution in [0.15, 0.2) is 18.2 Å². The van der Waals surface area contributed by atoms with Gasteiger partial charge in [0.05, 0.1) is 6.61 Å². The van der Waals surface area contributed by atoms with Crippen molar-refractivity contribution in [1.82, 2.24) is 0 Å². The number of nitrogens with two attached hydrogens (primary N) is 1. The van der Waals surface area contributed by atoms with Crippen molar-refractivity contribution in [1.29, 1.82) is 0 Å². The number of nitrogens with one attached hydrogen (secondary N) is 1. The summed E-state index contributed by atoms with van der Waals surface area (Å²) in [6.07, 6.45) is 0. The van der Waals surface area contributed by atoms with Crippen LogP contribution in [-0.2, 0) is 4.74 Å². The Morgan fingerprint density at radius 3 is 2.75 bits per heavy atom. The highest BCUT2D eigenvalue weighted by Crippen LogP contribution is 2.17. The second kappa shape index (κ2) is 5.51. The van der Waals surface area contributed by atoms with Gasteiger partial charge in [0.1, 0.15) is 0 Å². The molecular weight excluding hydrogens is 204 g/mol. The first-order valence-corrected chi connectivity index (χ1v) is 5.20. The maximum atomic E-state index is 11.0. The molecule has 16 heavy (non-hydrogen) atoms. The summed E-state index contributed by atoms with van der Waals surface area (Å²) < 4.78 is 5.04. The van der Waals surface area contributed by atoms with E-state index in [1.807, 2.05) is 19.9 Å². The van der Waals surface area contributed by atoms with Crippen LogP contribution >= 0.6 is 0 Å². The molecule has 3 N–H and O–H groups in total. The lowest BCUT2D eigenvalue weighted by molar-refractivity contribution is 0.1000. The monoisotopic (exact) mass is 222 g/mol. The smallest absolute Gasteiger partial charge is 0.248 e. The number of aryl methyl sites for hydroxylation is 1. The molecule has 0 aliphatic carbocycles. The van der Waals surface area contributed by atoms with Crippen LogP contribution in [0.5, 0.6) is 0 Å². The molecule has 0 aliphatic heterocycles. The third kappa shape index (κ3) is 3.24. The van der Waals surface area contributed by atoms with Crippen LogP contribution in [-0.4, -0.2) is 25.7 Å². The molecule has 0 fully saturated rings. The largest absolute Gasteiger partial charge is 0.383 e. The molecule has 0 aliphatic rings. The first-order chi connectivity index (χ1) is 7.54. The predicted octanol–water partition coefficient (Wildman–Crippen LogP) is 1.54. The summed E-state index contributed by atoms with van der Waals surface area (Å²) in [4.78, 5) is 11.0. The van der Waals surface area contributed by atoms with E-state index in [4.69, 9.17) is 10.5 Å². The molecule has 88 valence electrons. The number of anilines is 1. The quantitative estimate of drug-likeness (QED) is 0.794. The molecule has 1 aromatic rings. The summed E-state index contributed by atoms with van der Waals surface area (Å²) in [6, 6.07) is 5.59. The van der Waals surface area contributed by atoms with E-state index in [9.17, 15) is 4.79 Å². The van der Waals surface area contributed by atoms with Crippen molar-refractivity contribution in [3.05, 3.63) is 29.3 Å². The van der Waals surface area contributed by atoms with Crippen molar-refractivity contribution in [2.24, 2.45) is 5.73 Å². The van der Waals surface area contributed by atoms with Gasteiger partial charge in [-0.2, -0.15) is 0 Å². The Labute approximate surface area is 95.8 Å². The first-order valence-electron chi connectivity index (χ1n) is 5.20. The summed E-state index contributed by atoms with van der Waals surface area (Å²) in [6.45, 7) is 4.61. The van der Waals surface area contributed by atoms with E-state index in [0.29, 0.717) is 12.2 Å². The molecule has 1 rings (SSSR count). The number of carbonyl (C=O) groups excluding carboxylic acids is 1. The van der Waals surface area contributed by atoms with Crippen molar-refractivity contribution in [2.45, 2.75) is 19.9 Å². The molecule has 1 atom stereocenters. The number of primary amides is 1. The molecule has 0 bridgehead atoms. The molecular formula is C12H18N2O2. The van der Waals surface area contributed by atoms with Gasteiger partial charge in [-0.15, -0.1) is 0 Å². The van der Waals surface area contributed by atoms with Crippen molar-refractivity contribution in [3.63, 3.8) is 0 Å². The Morgan fingerprint density at radius 2 is 2.25 bits per heavy atom. The average Bonchev–Trinajstić information content (AvgIpc) is 2.21. The topological polar surface area (TPSA) is 64.3 Å². The number of benzene rings is 1. The van der Waals surface area contributed by atoms with Gasteiger partial charge in [-0.05, 0) is 37.6 Å². The normalized spacial score (nSPS) is 12.2. The number of carbonyl (C=O) groups is 1. The highest BCUT2D eigenvalue weighted by molar-refractivity contribution is 5.93. The summed E-state index contributed by atoms with van der Waals surface area (Å²) in [5.74, 6) is -0.403. The Morgan fingerprint density at radius 1 is 1.56 bits per heavy atom. The standard InChI is InChI=1S/C12H18N2O2/c1-8-6-10(12(13)15)4-5-11(8)14-9(2)7-16-3/h4-6,9,14H,7H2,1-3H3,(H2,13,15). The van der Waals surface area contributed by atoms with Crippen LogP contribution in [0.25, 0.3) is 0 Å². The minimum Gasteiger partial charge on any atom is -0.383 e. The molecule has 0 saturated heterocycles. The Bertz CT molecular complexity index is 377. The van der Waals surface area contributed by atoms with Gasteiger partial charge in [0.25, 0.3) is 0 Å². The van der Waals surface area contributed by atoms with E-state index in [1.54, 1.807) is 19.2 Å². The molecule has 0 aromatic heterocycles. The van der Waals surface area contributed by atoms with E-state index in [0.717, 1.165) is 11.3 Å². The summed E-state index contributed by atoms with van der Waals surface area (Å²) in [7, 11) is 1.67. The summed E-state index contributed by atoms with van der Waals surface area (Å²) in [5, 5.41) is 3.30. The van der Waals surface area contributed by atoms with Crippen LogP contribution in [0.3, 0.4) is 0 Å². The zero-order valence-electron chi connectivity index (χ0n) is 9.91. The molecule has 0 heterocycles. The average molecular weight is 222 g/mol. The number of amides is 1. The van der Waals surface area contributed by atoms with Crippen molar-refractivity contribution >= 4 is 11.6 Å². The van der Waals surface area contributed by atoms with E-state index >= 15 is 0 Å². The molecule has 0 radical (unpaired) electrons. The van der Waals surface area contributed by atoms with Gasteiger partial charge in [-0.25, -0.2) is 0 Å². The molecule has 1 unspecified atom stereocenters. The second-order valence-corrected chi connectivity index (χ2v) is 3.89. The first kappa shape index (κ1) is 12.5. The number of hydrogen-bond donors (Lipinski definition) is 2. The van der Waals surface area contributed by atoms with Crippen molar-refractivity contribution < 1.29 is 9.53 Å². The fourth-order valence-electron chi connectivity index (χ4n) is 1.54. The zero-order chi connectivity index (χ0) is 12.1. The number of hydrogen-bond acceptors (Lipinski definition) is 3. The molecule has 0 spiro atoms. The van der Waals surface area contributed by atoms with Gasteiger partial charge in [-0.3, -0.25) is 4.79 Å². The fourth-order valence-corrected chi connectivity index (χ4v) is 1.54. The number of rotatable bonds is 5. The van der Waals surface area contributed by atoms with Crippen LogP contribution < -0.4 is 11.1 Å². The Hall–Kier alpha value is -1.55. The summed E-state index contributed by atoms with van der Waals surface area (Å²) >= 11 is 0. The molecule has 1 aromatic carbocycles. The predicted molar refractivity (Wildman–Crippen MR) is 64.7 cm³/mol. The molecule has 1 amide bonds. The number of ether oxygens (including phenoxy) is 1. The highest BCUT2D eigenvalue weighted by Gasteiger charge is 2.06. The lowest BCUT2D eigenvalue weighted by Gasteiger charge is -2.16. The van der Waals surface area contributed by atoms with Crippen LogP contribution in [0, 0.1) is 6.92 Å². The van der Waals surface area contributed by atoms with E-state index in [2.05, 4.69) is 5.32 Å². The maximum absolute atomic E-state index is 11.0. The minimum absolute atomic E-state index is 0.225. The SMILES string of the molecule is COCC(C)Nc1ccc(C(N)=O)cc1C. The lowest BCUT2D eigenvalue weighted by atomic mass is 10.1. The lowest BCUT2D eigenvalue weighted by Crippen LogP contribution is -2.21. The van der Waals surface area contributed by atoms with Crippen molar-refractivity contribution in [2.75, 3.05) is 19.0 Å². The van der Waals surface area contributed by atoms with E-state index < -0.39 is 5.91 Å². The van der Waals surface area contributed by atoms with E-state index in [1.165, 1.54) is 0 Å². The van der Waals surface area contributed by atoms with Crippen molar-refractivity contribution in [3.8, 4) is 0 Å². The maximum Gasteiger partial charge on any atom is 0.248 e. The van der Waals surface area contributed by atoms with Gasteiger partial charge in [0.2, 0.25) is 5.91 Å². The van der Waals surface area contributed by atoms with Crippen LogP contribution in [0.1, 0.15) is 22.8 Å². The fraction of sp³-hybridized carbons (Fsp3) is 0.417. The third-order valence-electron chi connectivity index (χ3n) is 2.33. The number of methoxy groups -OCH3 is 1. The highest BCUT2D eigenvalue weighted by atomic mass is 16.5. The van der Waals surface area contributed by atoms with Gasteiger partial charge >= 0.3 is 0 Å². The third-order valence-corrected chi connectivity index (χ3v) is 2.33. The van der Waals surface area contributed by atoms with Gasteiger partial charge in [0.15, 0.2) is 0 Å².